The number of carbonyl (C=O) groups excluding carboxylic acids is 1. The molecule has 0 atom stereocenters. The van der Waals surface area contributed by atoms with Crippen LogP contribution in [0.4, 0.5) is 0 Å². The number of nitrogens with two attached hydrogens (primary N) is 1. The van der Waals surface area contributed by atoms with Crippen molar-refractivity contribution in [2.45, 2.75) is 75.9 Å². The van der Waals surface area contributed by atoms with Crippen LogP contribution in [0.5, 0.6) is 0 Å². The number of rotatable bonds is 6. The molecule has 4 nitrogen and oxygen atoms in total. The normalized spacial score (nSPS) is 22.2. The molecular formula is C15H29ClN2O2. The lowest BCUT2D eigenvalue weighted by Gasteiger charge is -2.31. The molecule has 2 rings (SSSR count). The molecule has 3 N–H and O–H groups in total. The van der Waals surface area contributed by atoms with Crippen LogP contribution in [0.2, 0.25) is 0 Å². The summed E-state index contributed by atoms with van der Waals surface area (Å²) in [4.78, 5) is 12.1. The molecule has 0 aromatic rings. The van der Waals surface area contributed by atoms with Gasteiger partial charge in [-0.15, -0.1) is 12.4 Å². The van der Waals surface area contributed by atoms with E-state index in [9.17, 15) is 4.79 Å². The Hall–Kier alpha value is -0.320. The molecule has 0 spiro atoms. The minimum absolute atomic E-state index is 0. The van der Waals surface area contributed by atoms with Crippen molar-refractivity contribution >= 4 is 18.3 Å². The predicted octanol–water partition coefficient (Wildman–Crippen LogP) is 2.54. The molecular weight excluding hydrogens is 276 g/mol. The van der Waals surface area contributed by atoms with E-state index < -0.39 is 5.54 Å². The Kier molecular flexibility index (Phi) is 7.85. The number of ether oxygens (including phenoxy) is 1. The van der Waals surface area contributed by atoms with Crippen molar-refractivity contribution in [2.24, 2.45) is 5.73 Å². The van der Waals surface area contributed by atoms with Crippen LogP contribution in [0, 0.1) is 0 Å². The third-order valence-electron chi connectivity index (χ3n) is 4.46. The Balaban J connectivity index is 0.00000200. The largest absolute Gasteiger partial charge is 0.378 e. The molecule has 0 aromatic carbocycles. The summed E-state index contributed by atoms with van der Waals surface area (Å²) in [5, 5.41) is 2.97. The van der Waals surface area contributed by atoms with Gasteiger partial charge in [0, 0.05) is 13.2 Å². The number of nitrogens with one attached hydrogen (secondary N) is 1. The van der Waals surface area contributed by atoms with Gasteiger partial charge < -0.3 is 15.8 Å². The quantitative estimate of drug-likeness (QED) is 0.741. The molecule has 0 bridgehead atoms. The highest BCUT2D eigenvalue weighted by Gasteiger charge is 2.34. The van der Waals surface area contributed by atoms with E-state index in [1.54, 1.807) is 0 Å². The fraction of sp³-hybridized carbons (Fsp3) is 0.933. The van der Waals surface area contributed by atoms with Crippen LogP contribution in [0.25, 0.3) is 0 Å². The predicted molar refractivity (Wildman–Crippen MR) is 83.1 cm³/mol. The molecule has 0 aromatic heterocycles. The third kappa shape index (κ3) is 5.23. The van der Waals surface area contributed by atoms with Gasteiger partial charge in [-0.1, -0.05) is 32.1 Å². The van der Waals surface area contributed by atoms with Crippen LogP contribution in [0.3, 0.4) is 0 Å². The minimum atomic E-state index is -0.607. The highest BCUT2D eigenvalue weighted by atomic mass is 35.5. The van der Waals surface area contributed by atoms with Gasteiger partial charge in [-0.3, -0.25) is 4.79 Å². The first-order chi connectivity index (χ1) is 9.21. The van der Waals surface area contributed by atoms with Crippen molar-refractivity contribution in [2.75, 3.05) is 13.2 Å². The van der Waals surface area contributed by atoms with E-state index in [4.69, 9.17) is 10.5 Å². The van der Waals surface area contributed by atoms with E-state index in [-0.39, 0.29) is 18.3 Å². The van der Waals surface area contributed by atoms with Crippen LogP contribution in [-0.2, 0) is 9.53 Å². The van der Waals surface area contributed by atoms with Crippen LogP contribution in [0.1, 0.15) is 64.2 Å². The lowest BCUT2D eigenvalue weighted by molar-refractivity contribution is -0.127. The maximum absolute atomic E-state index is 12.1. The average Bonchev–Trinajstić information content (AvgIpc) is 2.92. The van der Waals surface area contributed by atoms with Crippen molar-refractivity contribution in [1.29, 1.82) is 0 Å². The van der Waals surface area contributed by atoms with Crippen molar-refractivity contribution in [3.8, 4) is 0 Å². The molecule has 5 heteroatoms. The molecule has 2 fully saturated rings. The number of carbonyl (C=O) groups is 1. The van der Waals surface area contributed by atoms with Crippen LogP contribution in [-0.4, -0.2) is 30.7 Å². The first-order valence-electron chi connectivity index (χ1n) is 7.89. The summed E-state index contributed by atoms with van der Waals surface area (Å²) in [6, 6.07) is 0. The van der Waals surface area contributed by atoms with E-state index in [1.807, 2.05) is 0 Å². The molecule has 0 heterocycles. The van der Waals surface area contributed by atoms with Gasteiger partial charge in [0.1, 0.15) is 0 Å². The lowest BCUT2D eigenvalue weighted by Crippen LogP contribution is -2.55. The molecule has 0 unspecified atom stereocenters. The second-order valence-electron chi connectivity index (χ2n) is 6.10. The van der Waals surface area contributed by atoms with Gasteiger partial charge in [0.15, 0.2) is 0 Å². The zero-order valence-electron chi connectivity index (χ0n) is 12.4. The zero-order chi connectivity index (χ0) is 13.6. The fourth-order valence-corrected chi connectivity index (χ4v) is 3.16. The molecule has 0 aliphatic heterocycles. The Morgan fingerprint density at radius 2 is 1.80 bits per heavy atom. The first kappa shape index (κ1) is 17.7. The molecule has 2 aliphatic rings. The van der Waals surface area contributed by atoms with Gasteiger partial charge in [0.25, 0.3) is 0 Å². The van der Waals surface area contributed by atoms with Crippen LogP contribution >= 0.6 is 12.4 Å². The first-order valence-corrected chi connectivity index (χ1v) is 7.89. The Morgan fingerprint density at radius 1 is 1.15 bits per heavy atom. The van der Waals surface area contributed by atoms with E-state index >= 15 is 0 Å². The Morgan fingerprint density at radius 3 is 2.45 bits per heavy atom. The summed E-state index contributed by atoms with van der Waals surface area (Å²) in [5.41, 5.74) is 5.57. The monoisotopic (exact) mass is 304 g/mol. The smallest absolute Gasteiger partial charge is 0.240 e. The average molecular weight is 305 g/mol. The van der Waals surface area contributed by atoms with Gasteiger partial charge in [0.05, 0.1) is 11.6 Å². The summed E-state index contributed by atoms with van der Waals surface area (Å²) in [6.45, 7) is 1.44. The van der Waals surface area contributed by atoms with Gasteiger partial charge in [-0.2, -0.15) is 0 Å². The third-order valence-corrected chi connectivity index (χ3v) is 4.46. The van der Waals surface area contributed by atoms with E-state index in [0.29, 0.717) is 12.6 Å². The number of halogens is 1. The molecule has 0 saturated heterocycles. The van der Waals surface area contributed by atoms with Crippen molar-refractivity contribution in [1.82, 2.24) is 5.32 Å². The van der Waals surface area contributed by atoms with Crippen LogP contribution < -0.4 is 11.1 Å². The van der Waals surface area contributed by atoms with E-state index in [1.165, 1.54) is 32.1 Å². The van der Waals surface area contributed by atoms with E-state index in [0.717, 1.165) is 38.7 Å². The lowest BCUT2D eigenvalue weighted by atomic mass is 9.82. The van der Waals surface area contributed by atoms with Crippen molar-refractivity contribution < 1.29 is 9.53 Å². The van der Waals surface area contributed by atoms with Crippen LogP contribution in [0.15, 0.2) is 0 Å². The van der Waals surface area contributed by atoms with Gasteiger partial charge in [0.2, 0.25) is 5.91 Å². The summed E-state index contributed by atoms with van der Waals surface area (Å²) in [7, 11) is 0. The minimum Gasteiger partial charge on any atom is -0.378 e. The van der Waals surface area contributed by atoms with Gasteiger partial charge >= 0.3 is 0 Å². The van der Waals surface area contributed by atoms with Crippen molar-refractivity contribution in [3.63, 3.8) is 0 Å². The molecule has 2 saturated carbocycles. The molecule has 20 heavy (non-hydrogen) atoms. The van der Waals surface area contributed by atoms with Gasteiger partial charge in [-0.05, 0) is 32.1 Å². The highest BCUT2D eigenvalue weighted by molar-refractivity contribution is 5.86. The number of hydrogen-bond donors (Lipinski definition) is 2. The fourth-order valence-electron chi connectivity index (χ4n) is 3.16. The van der Waals surface area contributed by atoms with Crippen molar-refractivity contribution in [3.05, 3.63) is 0 Å². The van der Waals surface area contributed by atoms with E-state index in [2.05, 4.69) is 5.32 Å². The Bertz CT molecular complexity index is 288. The second-order valence-corrected chi connectivity index (χ2v) is 6.10. The Labute approximate surface area is 128 Å². The number of amides is 1. The maximum atomic E-state index is 12.1. The summed E-state index contributed by atoms with van der Waals surface area (Å²) >= 11 is 0. The highest BCUT2D eigenvalue weighted by Crippen LogP contribution is 2.26. The second kappa shape index (κ2) is 8.85. The number of hydrogen-bond acceptors (Lipinski definition) is 3. The molecule has 118 valence electrons. The maximum Gasteiger partial charge on any atom is 0.240 e. The SMILES string of the molecule is Cl.NC1(C(=O)NCCCOC2CCCC2)CCCCC1. The van der Waals surface area contributed by atoms with Gasteiger partial charge in [-0.25, -0.2) is 0 Å². The summed E-state index contributed by atoms with van der Waals surface area (Å²) < 4.78 is 5.77. The molecule has 1 amide bonds. The zero-order valence-corrected chi connectivity index (χ0v) is 13.2. The topological polar surface area (TPSA) is 64.4 Å². The molecule has 2 aliphatic carbocycles. The standard InChI is InChI=1S/C15H28N2O2.ClH/c16-15(9-4-1-5-10-15)14(18)17-11-6-12-19-13-7-2-3-8-13;/h13H,1-12,16H2,(H,17,18);1H. The summed E-state index contributed by atoms with van der Waals surface area (Å²) in [5.74, 6) is 0.0352. The molecule has 0 radical (unpaired) electrons. The summed E-state index contributed by atoms with van der Waals surface area (Å²) in [6.07, 6.45) is 11.4.